The maximum atomic E-state index is 12.5. The summed E-state index contributed by atoms with van der Waals surface area (Å²) in [7, 11) is 0. The highest BCUT2D eigenvalue weighted by Crippen LogP contribution is 2.24. The van der Waals surface area contributed by atoms with Crippen LogP contribution in [0.25, 0.3) is 17.4 Å². The number of furan rings is 1. The Morgan fingerprint density at radius 1 is 1.09 bits per heavy atom. The van der Waals surface area contributed by atoms with Crippen molar-refractivity contribution in [3.05, 3.63) is 83.1 Å². The van der Waals surface area contributed by atoms with Gasteiger partial charge in [0.05, 0.1) is 23.4 Å². The first-order valence-corrected chi connectivity index (χ1v) is 9.55. The molecular formula is C24H18N2O6. The number of hydrogen-bond donors (Lipinski definition) is 2. The Bertz CT molecular complexity index is 1230. The van der Waals surface area contributed by atoms with Gasteiger partial charge in [-0.2, -0.15) is 5.26 Å². The molecule has 0 aliphatic heterocycles. The maximum absolute atomic E-state index is 12.5. The van der Waals surface area contributed by atoms with E-state index in [1.807, 2.05) is 0 Å². The molecular weight excluding hydrogens is 412 g/mol. The van der Waals surface area contributed by atoms with Gasteiger partial charge in [0.25, 0.3) is 5.91 Å². The van der Waals surface area contributed by atoms with E-state index in [2.05, 4.69) is 5.32 Å². The van der Waals surface area contributed by atoms with Crippen LogP contribution in [0.5, 0.6) is 0 Å². The standard InChI is InChI=1S/C24H18N2O6/c1-2-31-24(30)16-9-7-15(8-10-16)21-12-11-18(32-21)13-17(14-25)22(27)26-20-6-4-3-5-19(20)23(28)29/h3-13H,2H2,1H3,(H,26,27)(H,28,29)/b17-13+. The zero-order valence-electron chi connectivity index (χ0n) is 17.0. The highest BCUT2D eigenvalue weighted by atomic mass is 16.5. The molecule has 1 amide bonds. The molecule has 160 valence electrons. The van der Waals surface area contributed by atoms with Crippen molar-refractivity contribution in [3.8, 4) is 17.4 Å². The third-order valence-corrected chi connectivity index (χ3v) is 4.36. The second-order valence-corrected chi connectivity index (χ2v) is 6.47. The molecule has 0 radical (unpaired) electrons. The molecule has 3 rings (SSSR count). The number of nitrogens with one attached hydrogen (secondary N) is 1. The Hall–Kier alpha value is -4.64. The van der Waals surface area contributed by atoms with E-state index < -0.39 is 17.8 Å². The summed E-state index contributed by atoms with van der Waals surface area (Å²) in [5.74, 6) is -1.66. The molecule has 1 heterocycles. The van der Waals surface area contributed by atoms with Crippen molar-refractivity contribution in [1.29, 1.82) is 5.26 Å². The lowest BCUT2D eigenvalue weighted by Gasteiger charge is -2.07. The molecule has 0 bridgehead atoms. The predicted octanol–water partition coefficient (Wildman–Crippen LogP) is 4.37. The monoisotopic (exact) mass is 430 g/mol. The Balaban J connectivity index is 1.78. The molecule has 3 aromatic rings. The Kier molecular flexibility index (Phi) is 6.83. The lowest BCUT2D eigenvalue weighted by Crippen LogP contribution is -2.16. The third kappa shape index (κ3) is 5.09. The van der Waals surface area contributed by atoms with Gasteiger partial charge in [0.2, 0.25) is 0 Å². The van der Waals surface area contributed by atoms with E-state index in [4.69, 9.17) is 9.15 Å². The number of nitrogens with zero attached hydrogens (tertiary/aromatic N) is 1. The van der Waals surface area contributed by atoms with Crippen LogP contribution in [0.2, 0.25) is 0 Å². The molecule has 0 fully saturated rings. The van der Waals surface area contributed by atoms with Gasteiger partial charge in [0.15, 0.2) is 0 Å². The Morgan fingerprint density at radius 3 is 2.47 bits per heavy atom. The Labute approximate surface area is 183 Å². The van der Waals surface area contributed by atoms with Gasteiger partial charge in [-0.25, -0.2) is 9.59 Å². The quantitative estimate of drug-likeness (QED) is 0.323. The number of hydrogen-bond acceptors (Lipinski definition) is 6. The van der Waals surface area contributed by atoms with Crippen molar-refractivity contribution in [2.75, 3.05) is 11.9 Å². The number of nitriles is 1. The molecule has 32 heavy (non-hydrogen) atoms. The molecule has 0 unspecified atom stereocenters. The molecule has 0 saturated heterocycles. The molecule has 2 aromatic carbocycles. The number of para-hydroxylation sites is 1. The molecule has 8 nitrogen and oxygen atoms in total. The van der Waals surface area contributed by atoms with Crippen LogP contribution in [-0.4, -0.2) is 29.6 Å². The van der Waals surface area contributed by atoms with Gasteiger partial charge in [-0.3, -0.25) is 4.79 Å². The minimum Gasteiger partial charge on any atom is -0.478 e. The number of esters is 1. The van der Waals surface area contributed by atoms with Crippen LogP contribution in [0.3, 0.4) is 0 Å². The number of amides is 1. The number of carbonyl (C=O) groups is 3. The SMILES string of the molecule is CCOC(=O)c1ccc(-c2ccc(/C=C(\C#N)C(=O)Nc3ccccc3C(=O)O)o2)cc1. The number of aromatic carboxylic acids is 1. The van der Waals surface area contributed by atoms with Gasteiger partial charge >= 0.3 is 11.9 Å². The van der Waals surface area contributed by atoms with E-state index >= 15 is 0 Å². The second-order valence-electron chi connectivity index (χ2n) is 6.47. The second kappa shape index (κ2) is 9.91. The van der Waals surface area contributed by atoms with Crippen molar-refractivity contribution >= 4 is 29.6 Å². The number of ether oxygens (including phenoxy) is 1. The van der Waals surface area contributed by atoms with Crippen LogP contribution in [0.15, 0.2) is 70.7 Å². The average Bonchev–Trinajstić information content (AvgIpc) is 3.26. The van der Waals surface area contributed by atoms with Crippen molar-refractivity contribution in [2.45, 2.75) is 6.92 Å². The van der Waals surface area contributed by atoms with E-state index in [-0.39, 0.29) is 29.2 Å². The lowest BCUT2D eigenvalue weighted by atomic mass is 10.1. The summed E-state index contributed by atoms with van der Waals surface area (Å²) in [5, 5.41) is 21.0. The van der Waals surface area contributed by atoms with Crippen molar-refractivity contribution < 1.29 is 28.6 Å². The van der Waals surface area contributed by atoms with Gasteiger partial charge < -0.3 is 19.6 Å². The normalized spacial score (nSPS) is 10.8. The van der Waals surface area contributed by atoms with E-state index in [9.17, 15) is 24.8 Å². The lowest BCUT2D eigenvalue weighted by molar-refractivity contribution is -0.112. The van der Waals surface area contributed by atoms with Gasteiger partial charge in [-0.05, 0) is 43.3 Å². The first-order chi connectivity index (χ1) is 15.4. The minimum absolute atomic E-state index is 0.0768. The van der Waals surface area contributed by atoms with Gasteiger partial charge in [-0.1, -0.05) is 24.3 Å². The topological polar surface area (TPSA) is 130 Å². The number of rotatable bonds is 7. The van der Waals surface area contributed by atoms with Crippen molar-refractivity contribution in [3.63, 3.8) is 0 Å². The summed E-state index contributed by atoms with van der Waals surface area (Å²) in [5.41, 5.74) is 0.824. The molecule has 0 saturated carbocycles. The molecule has 8 heteroatoms. The minimum atomic E-state index is -1.20. The van der Waals surface area contributed by atoms with Crippen LogP contribution in [0, 0.1) is 11.3 Å². The van der Waals surface area contributed by atoms with Crippen LogP contribution < -0.4 is 5.32 Å². The van der Waals surface area contributed by atoms with Crippen LogP contribution >= 0.6 is 0 Å². The molecule has 0 aliphatic rings. The van der Waals surface area contributed by atoms with Gasteiger partial charge in [-0.15, -0.1) is 0 Å². The summed E-state index contributed by atoms with van der Waals surface area (Å²) in [6, 6.07) is 17.5. The number of carboxylic acids is 1. The van der Waals surface area contributed by atoms with E-state index in [0.29, 0.717) is 16.9 Å². The molecule has 1 aromatic heterocycles. The molecule has 0 spiro atoms. The van der Waals surface area contributed by atoms with E-state index in [1.165, 1.54) is 24.3 Å². The van der Waals surface area contributed by atoms with E-state index in [0.717, 1.165) is 0 Å². The number of carboxylic acid groups (broad SMARTS) is 1. The predicted molar refractivity (Wildman–Crippen MR) is 116 cm³/mol. The summed E-state index contributed by atoms with van der Waals surface area (Å²) < 4.78 is 10.6. The first kappa shape index (κ1) is 22.1. The van der Waals surface area contributed by atoms with Crippen molar-refractivity contribution in [1.82, 2.24) is 0 Å². The number of carbonyl (C=O) groups excluding carboxylic acids is 2. The third-order valence-electron chi connectivity index (χ3n) is 4.36. The average molecular weight is 430 g/mol. The largest absolute Gasteiger partial charge is 0.478 e. The van der Waals surface area contributed by atoms with Gasteiger partial charge in [0.1, 0.15) is 23.2 Å². The summed E-state index contributed by atoms with van der Waals surface area (Å²) in [4.78, 5) is 35.5. The summed E-state index contributed by atoms with van der Waals surface area (Å²) >= 11 is 0. The zero-order valence-corrected chi connectivity index (χ0v) is 17.0. The molecule has 2 N–H and O–H groups in total. The van der Waals surface area contributed by atoms with Crippen LogP contribution in [-0.2, 0) is 9.53 Å². The maximum Gasteiger partial charge on any atom is 0.338 e. The first-order valence-electron chi connectivity index (χ1n) is 9.55. The smallest absolute Gasteiger partial charge is 0.338 e. The number of anilines is 1. The van der Waals surface area contributed by atoms with E-state index in [1.54, 1.807) is 55.5 Å². The van der Waals surface area contributed by atoms with Crippen LogP contribution in [0.4, 0.5) is 5.69 Å². The summed E-state index contributed by atoms with van der Waals surface area (Å²) in [6.45, 7) is 2.01. The van der Waals surface area contributed by atoms with Crippen molar-refractivity contribution in [2.24, 2.45) is 0 Å². The molecule has 0 aliphatic carbocycles. The fourth-order valence-electron chi connectivity index (χ4n) is 2.83. The zero-order chi connectivity index (χ0) is 23.1. The Morgan fingerprint density at radius 2 is 1.81 bits per heavy atom. The highest BCUT2D eigenvalue weighted by molar-refractivity contribution is 6.11. The fraction of sp³-hybridized carbons (Fsp3) is 0.0833. The fourth-order valence-corrected chi connectivity index (χ4v) is 2.83. The number of benzene rings is 2. The molecule has 0 atom stereocenters. The summed E-state index contributed by atoms with van der Waals surface area (Å²) in [6.07, 6.45) is 1.26. The van der Waals surface area contributed by atoms with Gasteiger partial charge in [0, 0.05) is 11.6 Å². The van der Waals surface area contributed by atoms with Crippen LogP contribution in [0.1, 0.15) is 33.4 Å². The highest BCUT2D eigenvalue weighted by Gasteiger charge is 2.16.